The van der Waals surface area contributed by atoms with Crippen molar-refractivity contribution in [2.75, 3.05) is 7.11 Å². The summed E-state index contributed by atoms with van der Waals surface area (Å²) < 4.78 is 16.5. The summed E-state index contributed by atoms with van der Waals surface area (Å²) in [4.78, 5) is 12.5. The molecule has 4 aliphatic rings. The van der Waals surface area contributed by atoms with Crippen LogP contribution in [0.25, 0.3) is 0 Å². The summed E-state index contributed by atoms with van der Waals surface area (Å²) in [5.74, 6) is 0.949. The van der Waals surface area contributed by atoms with Gasteiger partial charge in [0.05, 0.1) is 36.9 Å². The molecule has 2 aliphatic carbocycles. The summed E-state index contributed by atoms with van der Waals surface area (Å²) in [5.41, 5.74) is -0.321. The number of methoxy groups -OCH3 is 1. The molecule has 0 amide bonds. The quantitative estimate of drug-likeness (QED) is 0.588. The highest BCUT2D eigenvalue weighted by molar-refractivity contribution is 5.77. The van der Waals surface area contributed by atoms with Crippen molar-refractivity contribution < 1.29 is 19.0 Å². The van der Waals surface area contributed by atoms with E-state index in [1.165, 1.54) is 20.0 Å². The Morgan fingerprint density at radius 1 is 1.15 bits per heavy atom. The molecular formula is C16H24O4. The molecule has 0 aromatic rings. The lowest BCUT2D eigenvalue weighted by molar-refractivity contribution is -0.160. The normalized spacial score (nSPS) is 52.7. The van der Waals surface area contributed by atoms with Gasteiger partial charge in [0.25, 0.3) is 0 Å². The van der Waals surface area contributed by atoms with Crippen LogP contribution in [-0.4, -0.2) is 37.5 Å². The summed E-state index contributed by atoms with van der Waals surface area (Å²) >= 11 is 0. The van der Waals surface area contributed by atoms with E-state index >= 15 is 0 Å². The van der Waals surface area contributed by atoms with E-state index in [0.29, 0.717) is 36.3 Å². The maximum atomic E-state index is 12.5. The molecule has 0 bridgehead atoms. The van der Waals surface area contributed by atoms with Crippen molar-refractivity contribution in [3.8, 4) is 0 Å². The summed E-state index contributed by atoms with van der Waals surface area (Å²) in [6.07, 6.45) is 8.04. The third-order valence-electron chi connectivity index (χ3n) is 6.14. The molecule has 7 atom stereocenters. The summed E-state index contributed by atoms with van der Waals surface area (Å²) in [6, 6.07) is 0. The molecular weight excluding hydrogens is 256 g/mol. The highest BCUT2D eigenvalue weighted by Gasteiger charge is 2.59. The smallest absolute Gasteiger partial charge is 0.312 e. The second-order valence-electron chi connectivity index (χ2n) is 7.30. The molecule has 4 rings (SSSR count). The van der Waals surface area contributed by atoms with Crippen LogP contribution >= 0.6 is 0 Å². The predicted octanol–water partition coefficient (Wildman–Crippen LogP) is 2.30. The molecule has 20 heavy (non-hydrogen) atoms. The van der Waals surface area contributed by atoms with Crippen LogP contribution in [0.3, 0.4) is 0 Å². The van der Waals surface area contributed by atoms with E-state index in [0.717, 1.165) is 25.7 Å². The van der Waals surface area contributed by atoms with Crippen LogP contribution in [0, 0.1) is 17.3 Å². The average Bonchev–Trinajstić information content (AvgIpc) is 3.32. The standard InChI is InChI=1S/C16H24O4/c1-9-5-12-14(20-12)8-16(9,15(17)18-2)7-10-3-4-11-13(6-10)19-11/h9-14H,3-8H2,1-2H3. The summed E-state index contributed by atoms with van der Waals surface area (Å²) in [5, 5.41) is 0. The minimum atomic E-state index is -0.321. The monoisotopic (exact) mass is 280 g/mol. The fourth-order valence-corrected chi connectivity index (χ4v) is 4.74. The van der Waals surface area contributed by atoms with Crippen LogP contribution in [-0.2, 0) is 19.0 Å². The molecule has 112 valence electrons. The Morgan fingerprint density at radius 3 is 2.65 bits per heavy atom. The molecule has 7 unspecified atom stereocenters. The van der Waals surface area contributed by atoms with E-state index in [2.05, 4.69) is 6.92 Å². The Kier molecular flexibility index (Phi) is 2.90. The van der Waals surface area contributed by atoms with Gasteiger partial charge < -0.3 is 14.2 Å². The van der Waals surface area contributed by atoms with Crippen molar-refractivity contribution in [3.05, 3.63) is 0 Å². The number of esters is 1. The largest absolute Gasteiger partial charge is 0.469 e. The van der Waals surface area contributed by atoms with Gasteiger partial charge in [0.15, 0.2) is 0 Å². The van der Waals surface area contributed by atoms with E-state index in [1.54, 1.807) is 0 Å². The minimum Gasteiger partial charge on any atom is -0.469 e. The number of carbonyl (C=O) groups is 1. The van der Waals surface area contributed by atoms with Crippen LogP contribution in [0.4, 0.5) is 0 Å². The number of ether oxygens (including phenoxy) is 3. The van der Waals surface area contributed by atoms with Gasteiger partial charge in [-0.3, -0.25) is 4.79 Å². The van der Waals surface area contributed by atoms with E-state index in [4.69, 9.17) is 14.2 Å². The fourth-order valence-electron chi connectivity index (χ4n) is 4.74. The van der Waals surface area contributed by atoms with Crippen molar-refractivity contribution in [3.63, 3.8) is 0 Å². The molecule has 0 radical (unpaired) electrons. The Labute approximate surface area is 120 Å². The Morgan fingerprint density at radius 2 is 1.90 bits per heavy atom. The van der Waals surface area contributed by atoms with Crippen LogP contribution in [0.2, 0.25) is 0 Å². The van der Waals surface area contributed by atoms with Gasteiger partial charge in [-0.05, 0) is 50.4 Å². The molecule has 0 aromatic carbocycles. The summed E-state index contributed by atoms with van der Waals surface area (Å²) in [6.45, 7) is 2.20. The van der Waals surface area contributed by atoms with E-state index in [9.17, 15) is 4.79 Å². The molecule has 2 saturated heterocycles. The number of epoxide rings is 2. The molecule has 2 heterocycles. The highest BCUT2D eigenvalue weighted by atomic mass is 16.6. The molecule has 0 spiro atoms. The average molecular weight is 280 g/mol. The Bertz CT molecular complexity index is 423. The topological polar surface area (TPSA) is 51.4 Å². The zero-order chi connectivity index (χ0) is 13.9. The van der Waals surface area contributed by atoms with Crippen LogP contribution in [0.1, 0.15) is 45.4 Å². The van der Waals surface area contributed by atoms with Gasteiger partial charge in [0, 0.05) is 0 Å². The molecule has 4 nitrogen and oxygen atoms in total. The van der Waals surface area contributed by atoms with Gasteiger partial charge in [0.1, 0.15) is 0 Å². The van der Waals surface area contributed by atoms with Gasteiger partial charge >= 0.3 is 5.97 Å². The molecule has 2 saturated carbocycles. The Balaban J connectivity index is 1.53. The third kappa shape index (κ3) is 2.00. The van der Waals surface area contributed by atoms with Crippen molar-refractivity contribution in [1.29, 1.82) is 0 Å². The van der Waals surface area contributed by atoms with Crippen molar-refractivity contribution >= 4 is 5.97 Å². The number of fused-ring (bicyclic) bond motifs is 2. The molecule has 0 aromatic heterocycles. The van der Waals surface area contributed by atoms with Crippen molar-refractivity contribution in [2.24, 2.45) is 17.3 Å². The Hall–Kier alpha value is -0.610. The zero-order valence-corrected chi connectivity index (χ0v) is 12.3. The van der Waals surface area contributed by atoms with Gasteiger partial charge in [0.2, 0.25) is 0 Å². The second-order valence-corrected chi connectivity index (χ2v) is 7.30. The van der Waals surface area contributed by atoms with E-state index in [1.807, 2.05) is 0 Å². The first-order valence-electron chi connectivity index (χ1n) is 8.02. The van der Waals surface area contributed by atoms with Crippen LogP contribution < -0.4 is 0 Å². The van der Waals surface area contributed by atoms with Gasteiger partial charge in [-0.25, -0.2) is 0 Å². The number of carbonyl (C=O) groups excluding carboxylic acids is 1. The van der Waals surface area contributed by atoms with Crippen molar-refractivity contribution in [2.45, 2.75) is 69.9 Å². The predicted molar refractivity (Wildman–Crippen MR) is 72.1 cm³/mol. The first-order chi connectivity index (χ1) is 9.62. The highest BCUT2D eigenvalue weighted by Crippen LogP contribution is 2.55. The van der Waals surface area contributed by atoms with E-state index in [-0.39, 0.29) is 11.4 Å². The van der Waals surface area contributed by atoms with Gasteiger partial charge in [-0.15, -0.1) is 0 Å². The lowest BCUT2D eigenvalue weighted by Gasteiger charge is -2.41. The van der Waals surface area contributed by atoms with Crippen LogP contribution in [0.15, 0.2) is 0 Å². The number of hydrogen-bond acceptors (Lipinski definition) is 4. The lowest BCUT2D eigenvalue weighted by Crippen LogP contribution is -2.45. The SMILES string of the molecule is COC(=O)C1(CC2CCC3OC3C2)CC2OC2CC1C. The fraction of sp³-hybridized carbons (Fsp3) is 0.938. The zero-order valence-electron chi connectivity index (χ0n) is 12.3. The lowest BCUT2D eigenvalue weighted by atomic mass is 9.61. The van der Waals surface area contributed by atoms with E-state index < -0.39 is 0 Å². The first-order valence-corrected chi connectivity index (χ1v) is 8.02. The second kappa shape index (κ2) is 4.44. The van der Waals surface area contributed by atoms with Gasteiger partial charge in [-0.2, -0.15) is 0 Å². The molecule has 0 N–H and O–H groups in total. The number of hydrogen-bond donors (Lipinski definition) is 0. The summed E-state index contributed by atoms with van der Waals surface area (Å²) in [7, 11) is 1.53. The van der Waals surface area contributed by atoms with Gasteiger partial charge in [-0.1, -0.05) is 6.92 Å². The maximum Gasteiger partial charge on any atom is 0.312 e. The van der Waals surface area contributed by atoms with Crippen molar-refractivity contribution in [1.82, 2.24) is 0 Å². The maximum absolute atomic E-state index is 12.5. The first kappa shape index (κ1) is 13.1. The third-order valence-corrected chi connectivity index (χ3v) is 6.14. The number of rotatable bonds is 3. The molecule has 2 aliphatic heterocycles. The molecule has 4 fully saturated rings. The minimum absolute atomic E-state index is 0.0159. The van der Waals surface area contributed by atoms with Crippen LogP contribution in [0.5, 0.6) is 0 Å². The molecule has 4 heteroatoms.